The Bertz CT molecular complexity index is 1110. The van der Waals surface area contributed by atoms with Gasteiger partial charge in [0.25, 0.3) is 0 Å². The first-order valence-electron chi connectivity index (χ1n) is 12.1. The highest BCUT2D eigenvalue weighted by Crippen LogP contribution is 2.41. The van der Waals surface area contributed by atoms with E-state index in [1.807, 2.05) is 16.8 Å². The number of hydrogen-bond acceptors (Lipinski definition) is 4. The summed E-state index contributed by atoms with van der Waals surface area (Å²) in [5, 5.41) is 3.29. The molecule has 0 bridgehead atoms. The molecule has 34 heavy (non-hydrogen) atoms. The van der Waals surface area contributed by atoms with Crippen molar-refractivity contribution in [2.75, 3.05) is 6.54 Å². The van der Waals surface area contributed by atoms with Gasteiger partial charge in [-0.1, -0.05) is 0 Å². The van der Waals surface area contributed by atoms with Gasteiger partial charge in [-0.3, -0.25) is 4.98 Å². The lowest BCUT2D eigenvalue weighted by molar-refractivity contribution is -0.0395. The first-order valence-corrected chi connectivity index (χ1v) is 12.1. The maximum absolute atomic E-state index is 13.1. The number of hydrogen-bond donors (Lipinski definition) is 1. The van der Waals surface area contributed by atoms with Crippen LogP contribution in [0, 0.1) is 0 Å². The van der Waals surface area contributed by atoms with E-state index in [0.29, 0.717) is 25.7 Å². The Morgan fingerprint density at radius 2 is 1.47 bits per heavy atom. The summed E-state index contributed by atoms with van der Waals surface area (Å²) in [6, 6.07) is 0. The molecule has 2 aliphatic carbocycles. The average Bonchev–Trinajstić information content (AvgIpc) is 3.45. The van der Waals surface area contributed by atoms with Crippen molar-refractivity contribution in [2.24, 2.45) is 0 Å². The molecule has 6 nitrogen and oxygen atoms in total. The number of aromatic nitrogens is 5. The summed E-state index contributed by atoms with van der Waals surface area (Å²) >= 11 is 0. The van der Waals surface area contributed by atoms with Crippen LogP contribution >= 0.6 is 0 Å². The van der Waals surface area contributed by atoms with E-state index in [0.717, 1.165) is 36.8 Å². The summed E-state index contributed by atoms with van der Waals surface area (Å²) in [7, 11) is 0. The van der Waals surface area contributed by atoms with Crippen molar-refractivity contribution in [3.8, 4) is 0 Å². The first kappa shape index (κ1) is 23.3. The Hall–Kier alpha value is -2.49. The van der Waals surface area contributed by atoms with Crippen LogP contribution in [0.15, 0.2) is 31.0 Å². The molecule has 0 radical (unpaired) electrons. The molecule has 1 aliphatic heterocycles. The lowest BCUT2D eigenvalue weighted by atomic mass is 9.86. The first-order chi connectivity index (χ1) is 16.3. The van der Waals surface area contributed by atoms with Crippen LogP contribution in [0.5, 0.6) is 0 Å². The summed E-state index contributed by atoms with van der Waals surface area (Å²) in [6.07, 6.45) is 11.0. The van der Waals surface area contributed by atoms with E-state index < -0.39 is 11.8 Å². The Morgan fingerprint density at radius 1 is 0.853 bits per heavy atom. The third-order valence-corrected chi connectivity index (χ3v) is 7.31. The predicted octanol–water partition coefficient (Wildman–Crippen LogP) is 5.55. The molecule has 0 aromatic carbocycles. The minimum absolute atomic E-state index is 0. The number of nitrogens with one attached hydrogen (secondary N) is 1. The molecule has 2 fully saturated rings. The highest BCUT2D eigenvalue weighted by atomic mass is 19.3. The molecule has 0 atom stereocenters. The van der Waals surface area contributed by atoms with Crippen LogP contribution in [0.1, 0.15) is 82.0 Å². The zero-order valence-corrected chi connectivity index (χ0v) is 19.1. The number of halogens is 4. The molecule has 3 aliphatic rings. The number of fused-ring (bicyclic) bond motifs is 2. The minimum Gasteiger partial charge on any atom is -0.329 e. The second-order valence-electron chi connectivity index (χ2n) is 9.68. The zero-order chi connectivity index (χ0) is 23.8. The van der Waals surface area contributed by atoms with Gasteiger partial charge >= 0.3 is 0 Å². The lowest BCUT2D eigenvalue weighted by Gasteiger charge is -2.29. The van der Waals surface area contributed by atoms with Crippen molar-refractivity contribution < 1.29 is 19.0 Å². The van der Waals surface area contributed by atoms with E-state index in [9.17, 15) is 17.6 Å². The van der Waals surface area contributed by atoms with Crippen LogP contribution in [0.2, 0.25) is 0 Å². The van der Waals surface area contributed by atoms with Gasteiger partial charge in [-0.05, 0) is 25.7 Å². The van der Waals surface area contributed by atoms with Crippen LogP contribution in [0.4, 0.5) is 17.6 Å². The summed E-state index contributed by atoms with van der Waals surface area (Å²) in [6.45, 7) is 2.70. The molecule has 0 saturated heterocycles. The van der Waals surface area contributed by atoms with E-state index in [2.05, 4.69) is 24.8 Å². The molecule has 186 valence electrons. The fourth-order valence-electron chi connectivity index (χ4n) is 5.33. The van der Waals surface area contributed by atoms with Gasteiger partial charge in [0.2, 0.25) is 11.8 Å². The van der Waals surface area contributed by atoms with Gasteiger partial charge in [-0.15, -0.1) is 0 Å². The highest BCUT2D eigenvalue weighted by Gasteiger charge is 2.37. The van der Waals surface area contributed by atoms with Crippen LogP contribution in [0.3, 0.4) is 0 Å². The van der Waals surface area contributed by atoms with Crippen molar-refractivity contribution >= 4 is 5.52 Å². The van der Waals surface area contributed by atoms with Gasteiger partial charge in [0, 0.05) is 77.2 Å². The molecular formula is C24H32F4N6. The van der Waals surface area contributed by atoms with E-state index in [1.54, 1.807) is 18.6 Å². The van der Waals surface area contributed by atoms with Crippen molar-refractivity contribution in [2.45, 2.75) is 88.1 Å². The normalized spacial score (nSPS) is 22.7. The Morgan fingerprint density at radius 3 is 2.15 bits per heavy atom. The molecule has 10 heteroatoms. The fraction of sp³-hybridized carbons (Fsp3) is 0.625. The van der Waals surface area contributed by atoms with Crippen LogP contribution in [-0.2, 0) is 13.1 Å². The van der Waals surface area contributed by atoms with E-state index in [4.69, 9.17) is 0 Å². The second-order valence-corrected chi connectivity index (χ2v) is 9.68. The number of rotatable bonds is 2. The summed E-state index contributed by atoms with van der Waals surface area (Å²) in [5.41, 5.74) is 2.10. The minimum atomic E-state index is -2.48. The smallest absolute Gasteiger partial charge is 0.248 e. The standard InChI is InChI=1S/C12H17F2N3.C12H13F2N3.H2/c2*13-12(14)3-1-9(2-4-12)11-16-8-10-7-15-5-6-17(10)11;/h8-9,15H,1-7H2;5-9H,1-4H2;1H. The van der Waals surface area contributed by atoms with Crippen molar-refractivity contribution in [3.05, 3.63) is 48.3 Å². The quantitative estimate of drug-likeness (QED) is 0.489. The van der Waals surface area contributed by atoms with E-state index in [-0.39, 0.29) is 38.9 Å². The molecular weight excluding hydrogens is 448 g/mol. The third kappa shape index (κ3) is 4.96. The Kier molecular flexibility index (Phi) is 6.35. The van der Waals surface area contributed by atoms with Gasteiger partial charge in [0.05, 0.1) is 23.6 Å². The summed E-state index contributed by atoms with van der Waals surface area (Å²) in [4.78, 5) is 12.8. The molecule has 4 heterocycles. The molecule has 3 aromatic rings. The maximum atomic E-state index is 13.1. The molecule has 1 N–H and O–H groups in total. The molecule has 6 rings (SSSR count). The molecule has 0 unspecified atom stereocenters. The van der Waals surface area contributed by atoms with Gasteiger partial charge in [-0.25, -0.2) is 27.5 Å². The second kappa shape index (κ2) is 9.28. The Balaban J connectivity index is 0.000000160. The molecule has 3 aromatic heterocycles. The predicted molar refractivity (Wildman–Crippen MR) is 121 cm³/mol. The van der Waals surface area contributed by atoms with Crippen molar-refractivity contribution in [1.29, 1.82) is 0 Å². The van der Waals surface area contributed by atoms with Crippen molar-refractivity contribution in [1.82, 2.24) is 29.2 Å². The SMILES string of the molecule is FC1(F)CCC(c2ncc3cnccn23)CC1.FC1(F)CCC(c2ncc3n2CCNC3)CC1.[HH]. The molecule has 0 amide bonds. The molecule has 2 saturated carbocycles. The number of nitrogens with zero attached hydrogens (tertiary/aromatic N) is 5. The number of alkyl halides is 4. The van der Waals surface area contributed by atoms with Crippen molar-refractivity contribution in [3.63, 3.8) is 0 Å². The van der Waals surface area contributed by atoms with E-state index in [1.165, 1.54) is 5.69 Å². The largest absolute Gasteiger partial charge is 0.329 e. The van der Waals surface area contributed by atoms with Gasteiger partial charge in [-0.2, -0.15) is 0 Å². The zero-order valence-electron chi connectivity index (χ0n) is 19.1. The van der Waals surface area contributed by atoms with Gasteiger partial charge in [0.1, 0.15) is 11.6 Å². The topological polar surface area (TPSA) is 60.0 Å². The fourth-order valence-corrected chi connectivity index (χ4v) is 5.33. The molecule has 0 spiro atoms. The van der Waals surface area contributed by atoms with Crippen LogP contribution < -0.4 is 5.32 Å². The Labute approximate surface area is 197 Å². The maximum Gasteiger partial charge on any atom is 0.248 e. The van der Waals surface area contributed by atoms with E-state index >= 15 is 0 Å². The highest BCUT2D eigenvalue weighted by molar-refractivity contribution is 5.43. The van der Waals surface area contributed by atoms with Crippen LogP contribution in [-0.4, -0.2) is 42.3 Å². The lowest BCUT2D eigenvalue weighted by Crippen LogP contribution is -2.30. The van der Waals surface area contributed by atoms with Crippen LogP contribution in [0.25, 0.3) is 5.52 Å². The summed E-state index contributed by atoms with van der Waals surface area (Å²) < 4.78 is 56.6. The van der Waals surface area contributed by atoms with Gasteiger partial charge in [0.15, 0.2) is 0 Å². The summed E-state index contributed by atoms with van der Waals surface area (Å²) in [5.74, 6) is -2.66. The average molecular weight is 481 g/mol. The van der Waals surface area contributed by atoms with Gasteiger partial charge < -0.3 is 14.3 Å². The number of imidazole rings is 2. The third-order valence-electron chi connectivity index (χ3n) is 7.31. The monoisotopic (exact) mass is 480 g/mol.